The molecule has 4 heterocycles. The van der Waals surface area contributed by atoms with Crippen LogP contribution in [0.5, 0.6) is 0 Å². The molecule has 0 atom stereocenters. The van der Waals surface area contributed by atoms with Gasteiger partial charge in [-0.25, -0.2) is 9.36 Å². The number of hydrogen-bond acceptors (Lipinski definition) is 4. The van der Waals surface area contributed by atoms with Gasteiger partial charge in [-0.05, 0) is 93.8 Å². The van der Waals surface area contributed by atoms with Crippen molar-refractivity contribution >= 4 is 46.6 Å². The lowest BCUT2D eigenvalue weighted by atomic mass is 9.36. The molecule has 170 valence electrons. The van der Waals surface area contributed by atoms with Crippen LogP contribution in [-0.2, 0) is 0 Å². The van der Waals surface area contributed by atoms with Crippen LogP contribution >= 0.6 is 23.5 Å². The predicted molar refractivity (Wildman–Crippen MR) is 145 cm³/mol. The SMILES string of the molecule is Cc1cc(C)n(-c2ccc3c(c2)B2c4cc(-n5nc(C)cc5C)ccc4Sc4cccc(c42)S3)n1. The quantitative estimate of drug-likeness (QED) is 0.328. The molecule has 0 spiro atoms. The summed E-state index contributed by atoms with van der Waals surface area (Å²) in [6.45, 7) is 8.52. The molecule has 7 heteroatoms. The molecular formula is C28H23BN4S2. The molecule has 5 aromatic rings. The van der Waals surface area contributed by atoms with E-state index in [0.717, 1.165) is 34.2 Å². The molecule has 0 saturated carbocycles. The smallest absolute Gasteiger partial charge is 0.238 e. The van der Waals surface area contributed by atoms with Gasteiger partial charge in [-0.3, -0.25) is 0 Å². The maximum absolute atomic E-state index is 4.76. The van der Waals surface area contributed by atoms with Gasteiger partial charge < -0.3 is 0 Å². The molecule has 2 aliphatic rings. The first-order chi connectivity index (χ1) is 17.0. The Bertz CT molecular complexity index is 1550. The Morgan fingerprint density at radius 1 is 0.600 bits per heavy atom. The van der Waals surface area contributed by atoms with Crippen LogP contribution in [0.2, 0.25) is 0 Å². The molecule has 0 N–H and O–H groups in total. The van der Waals surface area contributed by atoms with Gasteiger partial charge in [0, 0.05) is 31.0 Å². The molecule has 3 aromatic carbocycles. The van der Waals surface area contributed by atoms with Crippen molar-refractivity contribution in [2.24, 2.45) is 0 Å². The summed E-state index contributed by atoms with van der Waals surface area (Å²) >= 11 is 3.77. The van der Waals surface area contributed by atoms with Crippen LogP contribution in [0.1, 0.15) is 22.8 Å². The van der Waals surface area contributed by atoms with Gasteiger partial charge in [0.05, 0.1) is 22.8 Å². The van der Waals surface area contributed by atoms with E-state index in [1.807, 2.05) is 23.5 Å². The van der Waals surface area contributed by atoms with Crippen molar-refractivity contribution in [3.63, 3.8) is 0 Å². The van der Waals surface area contributed by atoms with Gasteiger partial charge in [0.15, 0.2) is 0 Å². The summed E-state index contributed by atoms with van der Waals surface area (Å²) in [5.74, 6) is 0. The van der Waals surface area contributed by atoms with Gasteiger partial charge >= 0.3 is 0 Å². The van der Waals surface area contributed by atoms with Crippen LogP contribution in [-0.4, -0.2) is 26.3 Å². The third kappa shape index (κ3) is 3.25. The Kier molecular flexibility index (Phi) is 4.64. The molecule has 0 unspecified atom stereocenters. The molecule has 35 heavy (non-hydrogen) atoms. The van der Waals surface area contributed by atoms with Crippen molar-refractivity contribution in [3.8, 4) is 11.4 Å². The van der Waals surface area contributed by atoms with E-state index in [1.54, 1.807) is 0 Å². The Morgan fingerprint density at radius 3 is 1.51 bits per heavy atom. The molecule has 0 aliphatic carbocycles. The third-order valence-corrected chi connectivity index (χ3v) is 9.21. The standard InChI is InChI=1S/C28H23BN4S2/c1-16-12-18(3)32(30-16)20-8-10-24-22(14-20)29-23-15-21(33-19(4)13-17(2)31-33)9-11-25(23)35-27-7-5-6-26(34-24)28(27)29/h5-15H,1-4H3. The summed E-state index contributed by atoms with van der Waals surface area (Å²) in [6, 6.07) is 24.6. The average molecular weight is 490 g/mol. The van der Waals surface area contributed by atoms with Crippen molar-refractivity contribution in [1.29, 1.82) is 0 Å². The first-order valence-electron chi connectivity index (χ1n) is 11.8. The molecule has 0 saturated heterocycles. The van der Waals surface area contributed by atoms with Crippen molar-refractivity contribution in [1.82, 2.24) is 19.6 Å². The Labute approximate surface area is 213 Å². The molecule has 2 aliphatic heterocycles. The second-order valence-corrected chi connectivity index (χ2v) is 11.6. The number of nitrogens with zero attached hydrogens (tertiary/aromatic N) is 4. The zero-order valence-electron chi connectivity index (χ0n) is 20.0. The monoisotopic (exact) mass is 490 g/mol. The first kappa shape index (κ1) is 21.2. The van der Waals surface area contributed by atoms with E-state index in [9.17, 15) is 0 Å². The molecule has 0 radical (unpaired) electrons. The van der Waals surface area contributed by atoms with Crippen LogP contribution in [0.15, 0.2) is 86.3 Å². The van der Waals surface area contributed by atoms with Crippen molar-refractivity contribution in [3.05, 3.63) is 89.5 Å². The molecule has 4 nitrogen and oxygen atoms in total. The largest absolute Gasteiger partial charge is 0.247 e. The highest BCUT2D eigenvalue weighted by Crippen LogP contribution is 2.38. The van der Waals surface area contributed by atoms with Gasteiger partial charge in [0.25, 0.3) is 0 Å². The molecule has 0 fully saturated rings. The fourth-order valence-corrected chi connectivity index (χ4v) is 7.82. The highest BCUT2D eigenvalue weighted by atomic mass is 32.2. The van der Waals surface area contributed by atoms with Crippen LogP contribution in [0.4, 0.5) is 0 Å². The number of hydrogen-bond donors (Lipinski definition) is 0. The van der Waals surface area contributed by atoms with E-state index in [4.69, 9.17) is 10.2 Å². The lowest BCUT2D eigenvalue weighted by Crippen LogP contribution is -2.58. The maximum atomic E-state index is 4.76. The molecular weight excluding hydrogens is 467 g/mol. The minimum atomic E-state index is 0.183. The van der Waals surface area contributed by atoms with Crippen LogP contribution < -0.4 is 16.4 Å². The van der Waals surface area contributed by atoms with Gasteiger partial charge in [-0.2, -0.15) is 10.2 Å². The van der Waals surface area contributed by atoms with Crippen molar-refractivity contribution in [2.75, 3.05) is 0 Å². The summed E-state index contributed by atoms with van der Waals surface area (Å²) in [6.07, 6.45) is 0. The third-order valence-electron chi connectivity index (χ3n) is 6.87. The lowest BCUT2D eigenvalue weighted by Gasteiger charge is -2.33. The number of benzene rings is 3. The number of rotatable bonds is 2. The summed E-state index contributed by atoms with van der Waals surface area (Å²) in [4.78, 5) is 5.35. The zero-order valence-corrected chi connectivity index (χ0v) is 21.7. The highest BCUT2D eigenvalue weighted by Gasteiger charge is 2.38. The second-order valence-electron chi connectivity index (χ2n) is 9.43. The Balaban J connectivity index is 1.46. The van der Waals surface area contributed by atoms with E-state index in [-0.39, 0.29) is 6.71 Å². The topological polar surface area (TPSA) is 35.6 Å². The highest BCUT2D eigenvalue weighted by molar-refractivity contribution is 8.01. The molecule has 0 amide bonds. The predicted octanol–water partition coefficient (Wildman–Crippen LogP) is 4.74. The van der Waals surface area contributed by atoms with Crippen LogP contribution in [0, 0.1) is 27.7 Å². The molecule has 2 aromatic heterocycles. The first-order valence-corrected chi connectivity index (χ1v) is 13.4. The number of fused-ring (bicyclic) bond motifs is 4. The molecule has 7 rings (SSSR count). The summed E-state index contributed by atoms with van der Waals surface area (Å²) in [7, 11) is 0. The number of aromatic nitrogens is 4. The van der Waals surface area contributed by atoms with Gasteiger partial charge in [-0.15, -0.1) is 0 Å². The van der Waals surface area contributed by atoms with E-state index in [2.05, 4.69) is 104 Å². The van der Waals surface area contributed by atoms with E-state index >= 15 is 0 Å². The normalized spacial score (nSPS) is 13.4. The minimum absolute atomic E-state index is 0.183. The van der Waals surface area contributed by atoms with Crippen LogP contribution in [0.3, 0.4) is 0 Å². The summed E-state index contributed by atoms with van der Waals surface area (Å²) < 4.78 is 4.12. The Hall–Kier alpha value is -3.16. The zero-order chi connectivity index (χ0) is 23.8. The summed E-state index contributed by atoms with van der Waals surface area (Å²) in [5, 5.41) is 9.52. The van der Waals surface area contributed by atoms with E-state index in [0.29, 0.717) is 0 Å². The molecule has 0 bridgehead atoms. The van der Waals surface area contributed by atoms with Gasteiger partial charge in [0.1, 0.15) is 0 Å². The number of aryl methyl sites for hydroxylation is 4. The van der Waals surface area contributed by atoms with Crippen molar-refractivity contribution < 1.29 is 0 Å². The van der Waals surface area contributed by atoms with Gasteiger partial charge in [-0.1, -0.05) is 40.5 Å². The van der Waals surface area contributed by atoms with E-state index < -0.39 is 0 Å². The average Bonchev–Trinajstić information content (AvgIpc) is 3.37. The minimum Gasteiger partial charge on any atom is -0.238 e. The fraction of sp³-hybridized carbons (Fsp3) is 0.143. The second kappa shape index (κ2) is 7.67. The fourth-order valence-electron chi connectivity index (χ4n) is 5.45. The Morgan fingerprint density at radius 2 is 1.09 bits per heavy atom. The lowest BCUT2D eigenvalue weighted by molar-refractivity contribution is 0.833. The van der Waals surface area contributed by atoms with Crippen molar-refractivity contribution in [2.45, 2.75) is 47.3 Å². The van der Waals surface area contributed by atoms with E-state index in [1.165, 1.54) is 36.0 Å². The van der Waals surface area contributed by atoms with Gasteiger partial charge in [0.2, 0.25) is 6.71 Å². The van der Waals surface area contributed by atoms with Crippen LogP contribution in [0.25, 0.3) is 11.4 Å². The maximum Gasteiger partial charge on any atom is 0.247 e. The summed E-state index contributed by atoms with van der Waals surface area (Å²) in [5.41, 5.74) is 10.7.